The second-order valence-corrected chi connectivity index (χ2v) is 3.85. The van der Waals surface area contributed by atoms with Gasteiger partial charge in [0, 0.05) is 23.9 Å². The summed E-state index contributed by atoms with van der Waals surface area (Å²) in [5, 5.41) is 11.1. The van der Waals surface area contributed by atoms with Crippen molar-refractivity contribution in [1.29, 1.82) is 0 Å². The topological polar surface area (TPSA) is 56.3 Å². The molecule has 0 amide bonds. The van der Waals surface area contributed by atoms with Gasteiger partial charge in [-0.3, -0.25) is 0 Å². The molecule has 0 unspecified atom stereocenters. The Morgan fingerprint density at radius 1 is 1.00 bits per heavy atom. The fourth-order valence-corrected chi connectivity index (χ4v) is 1.51. The molecular formula is C12H12ClN3O2. The Labute approximate surface area is 110 Å². The number of nitrogens with one attached hydrogen (secondary N) is 1. The molecule has 94 valence electrons. The van der Waals surface area contributed by atoms with Crippen LogP contribution in [0.1, 0.15) is 0 Å². The predicted octanol–water partition coefficient (Wildman–Crippen LogP) is 2.89. The number of anilines is 2. The van der Waals surface area contributed by atoms with Crippen molar-refractivity contribution in [2.45, 2.75) is 0 Å². The molecule has 0 atom stereocenters. The molecule has 18 heavy (non-hydrogen) atoms. The van der Waals surface area contributed by atoms with Crippen LogP contribution in [0, 0.1) is 0 Å². The van der Waals surface area contributed by atoms with Crippen molar-refractivity contribution in [3.05, 3.63) is 35.5 Å². The maximum absolute atomic E-state index is 5.67. The number of halogens is 1. The van der Waals surface area contributed by atoms with Gasteiger partial charge in [0.1, 0.15) is 11.5 Å². The van der Waals surface area contributed by atoms with E-state index in [1.165, 1.54) is 0 Å². The van der Waals surface area contributed by atoms with Crippen LogP contribution in [0.15, 0.2) is 30.3 Å². The summed E-state index contributed by atoms with van der Waals surface area (Å²) in [5.74, 6) is 1.98. The van der Waals surface area contributed by atoms with Gasteiger partial charge < -0.3 is 14.8 Å². The minimum Gasteiger partial charge on any atom is -0.497 e. The van der Waals surface area contributed by atoms with Crippen molar-refractivity contribution in [1.82, 2.24) is 10.2 Å². The highest BCUT2D eigenvalue weighted by Gasteiger charge is 2.03. The van der Waals surface area contributed by atoms with E-state index in [0.717, 1.165) is 5.69 Å². The third kappa shape index (κ3) is 3.01. The van der Waals surface area contributed by atoms with Crippen LogP contribution in [0.4, 0.5) is 11.5 Å². The van der Waals surface area contributed by atoms with Crippen molar-refractivity contribution in [3.8, 4) is 11.5 Å². The second kappa shape index (κ2) is 5.55. The number of aromatic nitrogens is 2. The molecular weight excluding hydrogens is 254 g/mol. The molecule has 0 saturated carbocycles. The molecule has 1 N–H and O–H groups in total. The molecule has 6 heteroatoms. The van der Waals surface area contributed by atoms with Crippen molar-refractivity contribution in [2.75, 3.05) is 19.5 Å². The predicted molar refractivity (Wildman–Crippen MR) is 69.9 cm³/mol. The van der Waals surface area contributed by atoms with Crippen LogP contribution >= 0.6 is 11.6 Å². The average Bonchev–Trinajstić information content (AvgIpc) is 2.41. The second-order valence-electron chi connectivity index (χ2n) is 3.47. The Balaban J connectivity index is 2.25. The van der Waals surface area contributed by atoms with Crippen LogP contribution in [-0.4, -0.2) is 24.4 Å². The zero-order chi connectivity index (χ0) is 13.0. The Kier molecular flexibility index (Phi) is 3.84. The van der Waals surface area contributed by atoms with E-state index >= 15 is 0 Å². The normalized spacial score (nSPS) is 9.94. The summed E-state index contributed by atoms with van der Waals surface area (Å²) in [7, 11) is 3.20. The molecule has 2 aromatic rings. The highest BCUT2D eigenvalue weighted by Crippen LogP contribution is 2.27. The quantitative estimate of drug-likeness (QED) is 0.921. The first-order valence-corrected chi connectivity index (χ1v) is 5.58. The fraction of sp³-hybridized carbons (Fsp3) is 0.167. The van der Waals surface area contributed by atoms with Gasteiger partial charge in [0.05, 0.1) is 14.2 Å². The molecule has 0 fully saturated rings. The molecule has 0 aliphatic rings. The molecule has 0 spiro atoms. The summed E-state index contributed by atoms with van der Waals surface area (Å²) in [5.41, 5.74) is 0.794. The third-order valence-corrected chi connectivity index (χ3v) is 2.46. The summed E-state index contributed by atoms with van der Waals surface area (Å²) in [4.78, 5) is 0. The van der Waals surface area contributed by atoms with E-state index in [9.17, 15) is 0 Å². The molecule has 1 aromatic carbocycles. The lowest BCUT2D eigenvalue weighted by molar-refractivity contribution is 0.395. The van der Waals surface area contributed by atoms with Crippen molar-refractivity contribution < 1.29 is 9.47 Å². The van der Waals surface area contributed by atoms with E-state index < -0.39 is 0 Å². The zero-order valence-corrected chi connectivity index (χ0v) is 10.7. The number of hydrogen-bond donors (Lipinski definition) is 1. The number of benzene rings is 1. The van der Waals surface area contributed by atoms with Gasteiger partial charge in [0.15, 0.2) is 11.0 Å². The molecule has 0 aliphatic heterocycles. The summed E-state index contributed by atoms with van der Waals surface area (Å²) >= 11 is 5.67. The van der Waals surface area contributed by atoms with Gasteiger partial charge in [-0.1, -0.05) is 11.6 Å². The number of methoxy groups -OCH3 is 2. The summed E-state index contributed by atoms with van der Waals surface area (Å²) in [6.45, 7) is 0. The monoisotopic (exact) mass is 265 g/mol. The van der Waals surface area contributed by atoms with Gasteiger partial charge in [-0.25, -0.2) is 0 Å². The minimum absolute atomic E-state index is 0.351. The van der Waals surface area contributed by atoms with E-state index in [1.807, 2.05) is 12.1 Å². The lowest BCUT2D eigenvalue weighted by Crippen LogP contribution is -1.96. The van der Waals surface area contributed by atoms with Crippen molar-refractivity contribution >= 4 is 23.1 Å². The molecule has 0 radical (unpaired) electrons. The lowest BCUT2D eigenvalue weighted by Gasteiger charge is -2.09. The Hall–Kier alpha value is -2.01. The van der Waals surface area contributed by atoms with Gasteiger partial charge in [-0.15, -0.1) is 10.2 Å². The first-order chi connectivity index (χ1) is 8.71. The average molecular weight is 266 g/mol. The van der Waals surface area contributed by atoms with Gasteiger partial charge in [-0.05, 0) is 12.1 Å². The Morgan fingerprint density at radius 2 is 1.67 bits per heavy atom. The van der Waals surface area contributed by atoms with E-state index in [1.54, 1.807) is 32.4 Å². The first-order valence-electron chi connectivity index (χ1n) is 5.20. The molecule has 1 aromatic heterocycles. The Bertz CT molecular complexity index is 509. The van der Waals surface area contributed by atoms with Crippen LogP contribution < -0.4 is 14.8 Å². The third-order valence-electron chi connectivity index (χ3n) is 2.26. The lowest BCUT2D eigenvalue weighted by atomic mass is 10.2. The summed E-state index contributed by atoms with van der Waals surface area (Å²) in [6, 6.07) is 8.85. The van der Waals surface area contributed by atoms with Gasteiger partial charge in [-0.2, -0.15) is 0 Å². The van der Waals surface area contributed by atoms with Gasteiger partial charge in [0.25, 0.3) is 0 Å². The number of rotatable bonds is 4. The maximum Gasteiger partial charge on any atom is 0.153 e. The van der Waals surface area contributed by atoms with Crippen LogP contribution in [0.3, 0.4) is 0 Å². The van der Waals surface area contributed by atoms with Crippen molar-refractivity contribution in [3.63, 3.8) is 0 Å². The van der Waals surface area contributed by atoms with Crippen LogP contribution in [0.25, 0.3) is 0 Å². The highest BCUT2D eigenvalue weighted by molar-refractivity contribution is 6.29. The largest absolute Gasteiger partial charge is 0.497 e. The van der Waals surface area contributed by atoms with Crippen molar-refractivity contribution in [2.24, 2.45) is 0 Å². The molecule has 0 aliphatic carbocycles. The Morgan fingerprint density at radius 3 is 2.17 bits per heavy atom. The highest BCUT2D eigenvalue weighted by atomic mass is 35.5. The molecule has 2 rings (SSSR count). The van der Waals surface area contributed by atoms with Crippen LogP contribution in [0.2, 0.25) is 5.15 Å². The summed E-state index contributed by atoms with van der Waals surface area (Å²) < 4.78 is 10.4. The van der Waals surface area contributed by atoms with E-state index in [2.05, 4.69) is 15.5 Å². The van der Waals surface area contributed by atoms with Crippen LogP contribution in [-0.2, 0) is 0 Å². The molecule has 0 bridgehead atoms. The maximum atomic E-state index is 5.67. The summed E-state index contributed by atoms with van der Waals surface area (Å²) in [6.07, 6.45) is 0. The van der Waals surface area contributed by atoms with Gasteiger partial charge in [0.2, 0.25) is 0 Å². The number of hydrogen-bond acceptors (Lipinski definition) is 5. The molecule has 5 nitrogen and oxygen atoms in total. The molecule has 0 saturated heterocycles. The van der Waals surface area contributed by atoms with Gasteiger partial charge >= 0.3 is 0 Å². The van der Waals surface area contributed by atoms with E-state index in [-0.39, 0.29) is 0 Å². The number of ether oxygens (including phenoxy) is 2. The van der Waals surface area contributed by atoms with E-state index in [0.29, 0.717) is 22.5 Å². The first kappa shape index (κ1) is 12.4. The standard InChI is InChI=1S/C12H12ClN3O2/c1-17-9-5-8(6-10(7-9)18-2)14-12-4-3-11(13)15-16-12/h3-7H,1-2H3,(H,14,16). The number of nitrogens with zero attached hydrogens (tertiary/aromatic N) is 2. The SMILES string of the molecule is COc1cc(Nc2ccc(Cl)nn2)cc(OC)c1. The minimum atomic E-state index is 0.351. The smallest absolute Gasteiger partial charge is 0.153 e. The van der Waals surface area contributed by atoms with E-state index in [4.69, 9.17) is 21.1 Å². The molecule has 1 heterocycles. The van der Waals surface area contributed by atoms with Crippen LogP contribution in [0.5, 0.6) is 11.5 Å². The fourth-order valence-electron chi connectivity index (χ4n) is 1.41. The zero-order valence-electron chi connectivity index (χ0n) is 9.98.